The van der Waals surface area contributed by atoms with Crippen LogP contribution >= 0.6 is 11.3 Å². The van der Waals surface area contributed by atoms with Crippen LogP contribution in [-0.4, -0.2) is 11.7 Å². The fourth-order valence-corrected chi connectivity index (χ4v) is 4.04. The second kappa shape index (κ2) is 6.73. The first-order chi connectivity index (χ1) is 12.6. The predicted octanol–water partition coefficient (Wildman–Crippen LogP) is 5.60. The van der Waals surface area contributed by atoms with Gasteiger partial charge in [0.2, 0.25) is 0 Å². The first kappa shape index (κ1) is 16.5. The number of carbonyl (C=O) groups is 1. The van der Waals surface area contributed by atoms with Crippen molar-refractivity contribution in [2.45, 2.75) is 13.8 Å². The van der Waals surface area contributed by atoms with Crippen LogP contribution < -0.4 is 0 Å². The van der Waals surface area contributed by atoms with Gasteiger partial charge in [-0.25, -0.2) is 4.79 Å². The second-order valence-electron chi connectivity index (χ2n) is 6.11. The van der Waals surface area contributed by atoms with Crippen LogP contribution in [0.2, 0.25) is 0 Å². The quantitative estimate of drug-likeness (QED) is 0.271. The third kappa shape index (κ3) is 3.00. The van der Waals surface area contributed by atoms with Crippen molar-refractivity contribution in [3.8, 4) is 11.1 Å². The first-order valence-electron chi connectivity index (χ1n) is 8.37. The molecule has 0 N–H and O–H groups in total. The van der Waals surface area contributed by atoms with Crippen LogP contribution in [0.5, 0.6) is 0 Å². The molecule has 3 nitrogen and oxygen atoms in total. The molecule has 2 aromatic carbocycles. The lowest BCUT2D eigenvalue weighted by Gasteiger charge is -2.01. The Morgan fingerprint density at radius 1 is 0.885 bits per heavy atom. The average Bonchev–Trinajstić information content (AvgIpc) is 3.24. The molecule has 0 amide bonds. The van der Waals surface area contributed by atoms with Gasteiger partial charge in [0.05, 0.1) is 10.6 Å². The van der Waals surface area contributed by atoms with Crippen molar-refractivity contribution in [2.24, 2.45) is 5.16 Å². The third-order valence-corrected chi connectivity index (χ3v) is 5.45. The number of hydrogen-bond donors (Lipinski definition) is 0. The molecule has 0 radical (unpaired) electrons. The zero-order chi connectivity index (χ0) is 18.1. The Labute approximate surface area is 156 Å². The maximum atomic E-state index is 10.9. The zero-order valence-corrected chi connectivity index (χ0v) is 15.3. The SMILES string of the molecule is CC(=O)O/N=C(\C)c1ccc(C=C2c3ccccc3-c3ccccc32)s1. The van der Waals surface area contributed by atoms with Gasteiger partial charge < -0.3 is 4.84 Å². The normalized spacial score (nSPS) is 12.5. The largest absolute Gasteiger partial charge is 0.331 e. The summed E-state index contributed by atoms with van der Waals surface area (Å²) in [5.74, 6) is -0.414. The van der Waals surface area contributed by atoms with Crippen LogP contribution in [0.25, 0.3) is 22.8 Å². The number of thiophene rings is 1. The summed E-state index contributed by atoms with van der Waals surface area (Å²) in [5.41, 5.74) is 7.00. The molecule has 0 unspecified atom stereocenters. The number of hydrogen-bond acceptors (Lipinski definition) is 4. The molecular formula is C22H17NO2S. The molecule has 0 fully saturated rings. The Kier molecular flexibility index (Phi) is 4.27. The Morgan fingerprint density at radius 3 is 2.04 bits per heavy atom. The maximum Gasteiger partial charge on any atom is 0.331 e. The predicted molar refractivity (Wildman–Crippen MR) is 107 cm³/mol. The van der Waals surface area contributed by atoms with Gasteiger partial charge >= 0.3 is 5.97 Å². The molecule has 3 aromatic rings. The number of fused-ring (bicyclic) bond motifs is 3. The highest BCUT2D eigenvalue weighted by molar-refractivity contribution is 7.15. The lowest BCUT2D eigenvalue weighted by Crippen LogP contribution is -1.96. The summed E-state index contributed by atoms with van der Waals surface area (Å²) >= 11 is 1.63. The standard InChI is InChI=1S/C22H17NO2S/c1-14(23-25-15(2)24)22-12-11-16(26-22)13-21-19-9-5-3-7-17(19)18-8-4-6-10-20(18)21/h3-13H,1-2H3/b23-14+. The highest BCUT2D eigenvalue weighted by Crippen LogP contribution is 2.45. The molecular weight excluding hydrogens is 342 g/mol. The molecule has 0 bridgehead atoms. The molecule has 4 heteroatoms. The second-order valence-corrected chi connectivity index (χ2v) is 7.23. The third-order valence-electron chi connectivity index (χ3n) is 4.31. The van der Waals surface area contributed by atoms with E-state index in [1.54, 1.807) is 11.3 Å². The van der Waals surface area contributed by atoms with E-state index in [2.05, 4.69) is 65.8 Å². The summed E-state index contributed by atoms with van der Waals surface area (Å²) in [4.78, 5) is 17.8. The van der Waals surface area contributed by atoms with Gasteiger partial charge in [0, 0.05) is 11.8 Å². The molecule has 1 aliphatic rings. The molecule has 128 valence electrons. The van der Waals surface area contributed by atoms with Gasteiger partial charge in [-0.2, -0.15) is 0 Å². The van der Waals surface area contributed by atoms with Gasteiger partial charge in [-0.3, -0.25) is 0 Å². The Balaban J connectivity index is 1.74. The van der Waals surface area contributed by atoms with Crippen LogP contribution in [-0.2, 0) is 9.63 Å². The number of carbonyl (C=O) groups excluding carboxylic acids is 1. The number of oxime groups is 1. The van der Waals surface area contributed by atoms with Crippen LogP contribution in [0, 0.1) is 0 Å². The number of benzene rings is 2. The van der Waals surface area contributed by atoms with E-state index in [1.807, 2.05) is 13.0 Å². The van der Waals surface area contributed by atoms with E-state index >= 15 is 0 Å². The van der Waals surface area contributed by atoms with E-state index in [4.69, 9.17) is 4.84 Å². The van der Waals surface area contributed by atoms with Gasteiger partial charge in [-0.05, 0) is 53.0 Å². The molecule has 1 aromatic heterocycles. The van der Waals surface area contributed by atoms with E-state index < -0.39 is 5.97 Å². The smallest absolute Gasteiger partial charge is 0.318 e. The van der Waals surface area contributed by atoms with Crippen molar-refractivity contribution in [1.29, 1.82) is 0 Å². The Morgan fingerprint density at radius 2 is 1.46 bits per heavy atom. The highest BCUT2D eigenvalue weighted by Gasteiger charge is 2.22. The molecule has 1 heterocycles. The fourth-order valence-electron chi connectivity index (χ4n) is 3.15. The number of nitrogens with zero attached hydrogens (tertiary/aromatic N) is 1. The van der Waals surface area contributed by atoms with E-state index in [0.717, 1.165) is 9.75 Å². The minimum absolute atomic E-state index is 0.414. The molecule has 0 spiro atoms. The van der Waals surface area contributed by atoms with E-state index in [-0.39, 0.29) is 0 Å². The van der Waals surface area contributed by atoms with Crippen molar-refractivity contribution < 1.29 is 9.63 Å². The van der Waals surface area contributed by atoms with Crippen molar-refractivity contribution >= 4 is 34.7 Å². The van der Waals surface area contributed by atoms with Gasteiger partial charge in [-0.15, -0.1) is 11.3 Å². The molecule has 0 aliphatic heterocycles. The fraction of sp³-hybridized carbons (Fsp3) is 0.0909. The van der Waals surface area contributed by atoms with Crippen molar-refractivity contribution in [1.82, 2.24) is 0 Å². The van der Waals surface area contributed by atoms with Gasteiger partial charge in [-0.1, -0.05) is 53.7 Å². The van der Waals surface area contributed by atoms with Crippen LogP contribution in [0.3, 0.4) is 0 Å². The monoisotopic (exact) mass is 359 g/mol. The van der Waals surface area contributed by atoms with Gasteiger partial charge in [0.1, 0.15) is 0 Å². The summed E-state index contributed by atoms with van der Waals surface area (Å²) in [6.45, 7) is 3.18. The van der Waals surface area contributed by atoms with Gasteiger partial charge in [0.25, 0.3) is 0 Å². The van der Waals surface area contributed by atoms with Crippen LogP contribution in [0.4, 0.5) is 0 Å². The molecule has 1 aliphatic carbocycles. The van der Waals surface area contributed by atoms with Crippen LogP contribution in [0.1, 0.15) is 34.7 Å². The first-order valence-corrected chi connectivity index (χ1v) is 9.18. The Hall–Kier alpha value is -2.98. The maximum absolute atomic E-state index is 10.9. The highest BCUT2D eigenvalue weighted by atomic mass is 32.1. The van der Waals surface area contributed by atoms with Crippen molar-refractivity contribution in [2.75, 3.05) is 0 Å². The molecule has 4 rings (SSSR count). The number of rotatable bonds is 3. The summed E-state index contributed by atoms with van der Waals surface area (Å²) in [7, 11) is 0. The van der Waals surface area contributed by atoms with E-state index in [0.29, 0.717) is 5.71 Å². The Bertz CT molecular complexity index is 1010. The van der Waals surface area contributed by atoms with Crippen LogP contribution in [0.15, 0.2) is 65.8 Å². The summed E-state index contributed by atoms with van der Waals surface area (Å²) in [6, 6.07) is 21.1. The molecule has 0 saturated carbocycles. The molecule has 0 atom stereocenters. The minimum Gasteiger partial charge on any atom is -0.318 e. The lowest BCUT2D eigenvalue weighted by atomic mass is 10.0. The topological polar surface area (TPSA) is 38.7 Å². The van der Waals surface area contributed by atoms with Crippen molar-refractivity contribution in [3.63, 3.8) is 0 Å². The van der Waals surface area contributed by atoms with E-state index in [1.165, 1.54) is 34.8 Å². The molecule has 0 saturated heterocycles. The minimum atomic E-state index is -0.414. The van der Waals surface area contributed by atoms with Crippen molar-refractivity contribution in [3.05, 3.63) is 81.5 Å². The lowest BCUT2D eigenvalue weighted by molar-refractivity contribution is -0.140. The van der Waals surface area contributed by atoms with Gasteiger partial charge in [0.15, 0.2) is 0 Å². The summed E-state index contributed by atoms with van der Waals surface area (Å²) in [6.07, 6.45) is 2.22. The summed E-state index contributed by atoms with van der Waals surface area (Å²) in [5, 5.41) is 3.87. The average molecular weight is 359 g/mol. The zero-order valence-electron chi connectivity index (χ0n) is 14.5. The van der Waals surface area contributed by atoms with E-state index in [9.17, 15) is 4.79 Å². The molecule has 26 heavy (non-hydrogen) atoms. The summed E-state index contributed by atoms with van der Waals surface area (Å²) < 4.78 is 0.